The number of alkyl halides is 3. The Hall–Kier alpha value is -5.06. The van der Waals surface area contributed by atoms with Crippen LogP contribution in [0.3, 0.4) is 0 Å². The lowest BCUT2D eigenvalue weighted by Crippen LogP contribution is -2.23. The number of aromatic nitrogens is 2. The quantitative estimate of drug-likeness (QED) is 0.204. The molecule has 8 nitrogen and oxygen atoms in total. The number of anilines is 1. The van der Waals surface area contributed by atoms with E-state index in [2.05, 4.69) is 9.97 Å². The van der Waals surface area contributed by atoms with Crippen molar-refractivity contribution in [3.8, 4) is 34.3 Å². The molecule has 43 heavy (non-hydrogen) atoms. The van der Waals surface area contributed by atoms with Crippen LogP contribution in [0.4, 0.5) is 19.1 Å². The van der Waals surface area contributed by atoms with Gasteiger partial charge in [0.15, 0.2) is 28.7 Å². The Morgan fingerprint density at radius 3 is 2.05 bits per heavy atom. The summed E-state index contributed by atoms with van der Waals surface area (Å²) in [5, 5.41) is 6.13. The molecule has 0 saturated carbocycles. The molecular weight excluding hydrogens is 561 g/mol. The first-order valence-corrected chi connectivity index (χ1v) is 13.2. The van der Waals surface area contributed by atoms with Gasteiger partial charge in [0.05, 0.1) is 45.9 Å². The van der Waals surface area contributed by atoms with Crippen molar-refractivity contribution in [2.75, 3.05) is 33.4 Å². The number of benzene rings is 3. The first-order valence-electron chi connectivity index (χ1n) is 13.2. The predicted molar refractivity (Wildman–Crippen MR) is 158 cm³/mol. The van der Waals surface area contributed by atoms with E-state index in [-0.39, 0.29) is 11.6 Å². The summed E-state index contributed by atoms with van der Waals surface area (Å²) in [5.74, 6) is 1.97. The second kappa shape index (κ2) is 12.4. The van der Waals surface area contributed by atoms with E-state index in [1.54, 1.807) is 68.8 Å². The summed E-state index contributed by atoms with van der Waals surface area (Å²) in [6, 6.07) is 19.9. The van der Waals surface area contributed by atoms with Crippen LogP contribution < -0.4 is 24.0 Å². The minimum absolute atomic E-state index is 0.133. The van der Waals surface area contributed by atoms with Gasteiger partial charge < -0.3 is 18.9 Å². The molecule has 0 amide bonds. The Morgan fingerprint density at radius 1 is 0.744 bits per heavy atom. The average molecular weight is 591 g/mol. The van der Waals surface area contributed by atoms with Crippen LogP contribution in [-0.2, 0) is 6.18 Å². The number of allylic oxidation sites excluding steroid dienone is 1. The highest BCUT2D eigenvalue weighted by molar-refractivity contribution is 6.01. The van der Waals surface area contributed by atoms with Gasteiger partial charge in [0.1, 0.15) is 0 Å². The Balaban J connectivity index is 1.60. The number of rotatable bonds is 9. The van der Waals surface area contributed by atoms with Crippen molar-refractivity contribution in [1.29, 1.82) is 0 Å². The van der Waals surface area contributed by atoms with E-state index < -0.39 is 17.9 Å². The lowest BCUT2D eigenvalue weighted by Gasteiger charge is -2.24. The Bertz CT molecular complexity index is 1660. The largest absolute Gasteiger partial charge is 0.493 e. The molecule has 0 saturated heterocycles. The third-order valence-corrected chi connectivity index (χ3v) is 6.88. The zero-order valence-corrected chi connectivity index (χ0v) is 23.9. The van der Waals surface area contributed by atoms with Gasteiger partial charge in [-0.05, 0) is 47.5 Å². The van der Waals surface area contributed by atoms with E-state index in [1.165, 1.54) is 19.2 Å². The lowest BCUT2D eigenvalue weighted by atomic mass is 10.0. The third-order valence-electron chi connectivity index (χ3n) is 6.88. The normalized spacial score (nSPS) is 15.0. The van der Waals surface area contributed by atoms with Gasteiger partial charge in [-0.25, -0.2) is 15.0 Å². The van der Waals surface area contributed by atoms with Gasteiger partial charge in [0.2, 0.25) is 5.95 Å². The maximum absolute atomic E-state index is 14.0. The van der Waals surface area contributed by atoms with E-state index in [0.29, 0.717) is 40.7 Å². The zero-order valence-electron chi connectivity index (χ0n) is 23.9. The van der Waals surface area contributed by atoms with Gasteiger partial charge in [0, 0.05) is 12.0 Å². The Labute approximate surface area is 247 Å². The van der Waals surface area contributed by atoms with Crippen LogP contribution in [0, 0.1) is 0 Å². The van der Waals surface area contributed by atoms with Gasteiger partial charge in [-0.1, -0.05) is 48.5 Å². The SMILES string of the molecule is COc1ccc(/C=C/C2=NN(c3nc(-c4ccccc4)cc(C(F)(F)F)n3)C(c3ccc(OC)c(OC)c3)C2)cc1OC. The summed E-state index contributed by atoms with van der Waals surface area (Å²) < 4.78 is 63.7. The Morgan fingerprint density at radius 2 is 1.40 bits per heavy atom. The fourth-order valence-electron chi connectivity index (χ4n) is 4.73. The molecule has 1 aliphatic rings. The van der Waals surface area contributed by atoms with Crippen LogP contribution >= 0.6 is 0 Å². The van der Waals surface area contributed by atoms with Gasteiger partial charge in [0.25, 0.3) is 0 Å². The van der Waals surface area contributed by atoms with E-state index in [0.717, 1.165) is 17.2 Å². The molecule has 1 aromatic heterocycles. The van der Waals surface area contributed by atoms with Crippen LogP contribution in [0.5, 0.6) is 23.0 Å². The van der Waals surface area contributed by atoms with Crippen molar-refractivity contribution in [1.82, 2.24) is 9.97 Å². The first kappa shape index (κ1) is 29.4. The molecule has 0 aliphatic carbocycles. The topological polar surface area (TPSA) is 78.3 Å². The summed E-state index contributed by atoms with van der Waals surface area (Å²) in [7, 11) is 6.16. The van der Waals surface area contributed by atoms with Crippen molar-refractivity contribution < 1.29 is 32.1 Å². The molecule has 1 atom stereocenters. The average Bonchev–Trinajstić information content (AvgIpc) is 3.47. The zero-order chi connectivity index (χ0) is 30.6. The van der Waals surface area contributed by atoms with E-state index in [1.807, 2.05) is 24.3 Å². The monoisotopic (exact) mass is 590 g/mol. The van der Waals surface area contributed by atoms with Crippen molar-refractivity contribution in [2.45, 2.75) is 18.6 Å². The molecule has 0 radical (unpaired) electrons. The molecule has 4 aromatic rings. The molecular formula is C32H29F3N4O4. The van der Waals surface area contributed by atoms with Crippen LogP contribution in [0.25, 0.3) is 17.3 Å². The second-order valence-electron chi connectivity index (χ2n) is 9.52. The molecule has 5 rings (SSSR count). The van der Waals surface area contributed by atoms with Crippen LogP contribution in [-0.4, -0.2) is 44.1 Å². The minimum Gasteiger partial charge on any atom is -0.493 e. The van der Waals surface area contributed by atoms with Crippen LogP contribution in [0.2, 0.25) is 0 Å². The fourth-order valence-corrected chi connectivity index (χ4v) is 4.73. The van der Waals surface area contributed by atoms with Gasteiger partial charge >= 0.3 is 6.18 Å². The molecule has 0 fully saturated rings. The summed E-state index contributed by atoms with van der Waals surface area (Å²) in [6.45, 7) is 0. The molecule has 1 unspecified atom stereocenters. The van der Waals surface area contributed by atoms with Crippen molar-refractivity contribution in [2.24, 2.45) is 5.10 Å². The minimum atomic E-state index is -4.69. The van der Waals surface area contributed by atoms with Crippen molar-refractivity contribution >= 4 is 17.7 Å². The summed E-state index contributed by atoms with van der Waals surface area (Å²) in [6.07, 6.45) is -0.682. The van der Waals surface area contributed by atoms with Gasteiger partial charge in [-0.2, -0.15) is 18.3 Å². The number of hydrogen-bond acceptors (Lipinski definition) is 8. The maximum atomic E-state index is 14.0. The fraction of sp³-hybridized carbons (Fsp3) is 0.219. The van der Waals surface area contributed by atoms with Crippen molar-refractivity contribution in [3.05, 3.63) is 95.7 Å². The molecule has 1 aliphatic heterocycles. The molecule has 0 bridgehead atoms. The van der Waals surface area contributed by atoms with Crippen LogP contribution in [0.15, 0.2) is 84.0 Å². The maximum Gasteiger partial charge on any atom is 0.433 e. The summed E-state index contributed by atoms with van der Waals surface area (Å²) in [5.41, 5.74) is 1.76. The van der Waals surface area contributed by atoms with Crippen LogP contribution in [0.1, 0.15) is 29.3 Å². The molecule has 222 valence electrons. The highest BCUT2D eigenvalue weighted by atomic mass is 19.4. The smallest absolute Gasteiger partial charge is 0.433 e. The summed E-state index contributed by atoms with van der Waals surface area (Å²) >= 11 is 0. The lowest BCUT2D eigenvalue weighted by molar-refractivity contribution is -0.141. The van der Waals surface area contributed by atoms with E-state index in [4.69, 9.17) is 24.0 Å². The summed E-state index contributed by atoms with van der Waals surface area (Å²) in [4.78, 5) is 8.47. The third kappa shape index (κ3) is 6.40. The number of ether oxygens (including phenoxy) is 4. The molecule has 0 spiro atoms. The number of hydrogen-bond donors (Lipinski definition) is 0. The van der Waals surface area contributed by atoms with Gasteiger partial charge in [-0.3, -0.25) is 0 Å². The van der Waals surface area contributed by atoms with E-state index in [9.17, 15) is 13.2 Å². The first-order chi connectivity index (χ1) is 20.7. The molecule has 11 heteroatoms. The molecule has 2 heterocycles. The number of methoxy groups -OCH3 is 4. The molecule has 3 aromatic carbocycles. The Kier molecular flexibility index (Phi) is 8.51. The predicted octanol–water partition coefficient (Wildman–Crippen LogP) is 7.22. The second-order valence-corrected chi connectivity index (χ2v) is 9.52. The van der Waals surface area contributed by atoms with E-state index >= 15 is 0 Å². The van der Waals surface area contributed by atoms with Crippen molar-refractivity contribution in [3.63, 3.8) is 0 Å². The number of hydrazone groups is 1. The van der Waals surface area contributed by atoms with Gasteiger partial charge in [-0.15, -0.1) is 0 Å². The standard InChI is InChI=1S/C32H29F3N4O4/c1-40-26-14-11-20(16-28(26)42-3)10-13-23-18-25(22-12-15-27(41-2)29(17-22)43-4)39(38-23)31-36-24(21-8-6-5-7-9-21)19-30(37-31)32(33,34)35/h5-17,19,25H,18H2,1-4H3/b13-10+. The molecule has 0 N–H and O–H groups in total. The number of halogens is 3. The highest BCUT2D eigenvalue weighted by Gasteiger charge is 2.37. The number of nitrogens with zero attached hydrogens (tertiary/aromatic N) is 4. The highest BCUT2D eigenvalue weighted by Crippen LogP contribution is 2.40.